The molecule has 0 saturated heterocycles. The van der Waals surface area contributed by atoms with Gasteiger partial charge in [0.1, 0.15) is 9.87 Å². The van der Waals surface area contributed by atoms with Gasteiger partial charge in [0.25, 0.3) is 5.91 Å². The zero-order chi connectivity index (χ0) is 23.4. The molecule has 2 aliphatic carbocycles. The third-order valence-corrected chi connectivity index (χ3v) is 7.96. The van der Waals surface area contributed by atoms with Gasteiger partial charge in [0.15, 0.2) is 0 Å². The molecule has 0 radical (unpaired) electrons. The number of nitrogens with one attached hydrogen (secondary N) is 2. The van der Waals surface area contributed by atoms with Crippen LogP contribution in [-0.2, 0) is 4.79 Å². The highest BCUT2D eigenvalue weighted by Gasteiger charge is 2.67. The average molecular weight is 552 g/mol. The molecule has 32 heavy (non-hydrogen) atoms. The summed E-state index contributed by atoms with van der Waals surface area (Å²) in [5.41, 5.74) is 0.196. The van der Waals surface area contributed by atoms with Gasteiger partial charge in [-0.25, -0.2) is 0 Å². The number of nitriles is 1. The predicted octanol–water partition coefficient (Wildman–Crippen LogP) is 6.61. The Balaban J connectivity index is 1.52. The molecule has 1 unspecified atom stereocenters. The molecule has 4 rings (SSSR count). The number of nitrogens with zero attached hydrogens (tertiary/aromatic N) is 1. The van der Waals surface area contributed by atoms with Crippen LogP contribution in [0.25, 0.3) is 0 Å². The number of hydrogen-bond acceptors (Lipinski definition) is 3. The molecule has 11 heteroatoms. The Hall–Kier alpha value is -1.39. The summed E-state index contributed by atoms with van der Waals surface area (Å²) in [5.74, 6) is -2.30. The van der Waals surface area contributed by atoms with Gasteiger partial charge >= 0.3 is 0 Å². The number of hydrogen-bond donors (Lipinski definition) is 2. The largest absolute Gasteiger partial charge is 0.334 e. The summed E-state index contributed by atoms with van der Waals surface area (Å²) < 4.78 is -1.37. The Morgan fingerprint density at radius 2 is 1.62 bits per heavy atom. The monoisotopic (exact) mass is 549 g/mol. The molecule has 0 aliphatic heterocycles. The van der Waals surface area contributed by atoms with E-state index < -0.39 is 33.5 Å². The Morgan fingerprint density at radius 1 is 1.00 bits per heavy atom. The SMILES string of the molecule is N#CC1(NC(=O)c2cc(NC(=O)C3[C@H](c4cc(Cl)c(Cl)c(Cl)c4)C3(Cl)Cl)ccc2Cl)CC1. The fourth-order valence-electron chi connectivity index (χ4n) is 3.49. The highest BCUT2D eigenvalue weighted by molar-refractivity contribution is 6.54. The Kier molecular flexibility index (Phi) is 6.26. The number of alkyl halides is 2. The Bertz CT molecular complexity index is 1170. The molecule has 5 nitrogen and oxygen atoms in total. The van der Waals surface area contributed by atoms with Crippen molar-refractivity contribution in [1.82, 2.24) is 5.32 Å². The van der Waals surface area contributed by atoms with Gasteiger partial charge in [-0.2, -0.15) is 5.26 Å². The summed E-state index contributed by atoms with van der Waals surface area (Å²) in [7, 11) is 0. The lowest BCUT2D eigenvalue weighted by Crippen LogP contribution is -2.35. The summed E-state index contributed by atoms with van der Waals surface area (Å²) in [5, 5.41) is 15.4. The number of amides is 2. The fourth-order valence-corrected chi connectivity index (χ4v) is 5.14. The van der Waals surface area contributed by atoms with E-state index in [-0.39, 0.29) is 25.7 Å². The topological polar surface area (TPSA) is 82.0 Å². The zero-order valence-electron chi connectivity index (χ0n) is 16.0. The predicted molar refractivity (Wildman–Crippen MR) is 127 cm³/mol. The maximum Gasteiger partial charge on any atom is 0.254 e. The van der Waals surface area contributed by atoms with Crippen molar-refractivity contribution >= 4 is 87.1 Å². The molecule has 166 valence electrons. The number of benzene rings is 2. The molecule has 2 aliphatic rings. The normalized spacial score (nSPS) is 21.9. The quantitative estimate of drug-likeness (QED) is 0.324. The van der Waals surface area contributed by atoms with Crippen molar-refractivity contribution in [1.29, 1.82) is 5.26 Å². The molecular weight excluding hydrogens is 539 g/mol. The second-order valence-electron chi connectivity index (χ2n) is 7.76. The van der Waals surface area contributed by atoms with Crippen molar-refractivity contribution in [3.63, 3.8) is 0 Å². The second kappa shape index (κ2) is 8.43. The molecule has 2 atom stereocenters. The first-order valence-corrected chi connectivity index (χ1v) is 11.6. The van der Waals surface area contributed by atoms with Crippen molar-refractivity contribution in [2.45, 2.75) is 28.6 Å². The van der Waals surface area contributed by atoms with Crippen LogP contribution in [0.1, 0.15) is 34.7 Å². The van der Waals surface area contributed by atoms with E-state index >= 15 is 0 Å². The summed E-state index contributed by atoms with van der Waals surface area (Å²) >= 11 is 37.1. The summed E-state index contributed by atoms with van der Waals surface area (Å²) in [4.78, 5) is 25.5. The minimum atomic E-state index is -1.37. The van der Waals surface area contributed by atoms with Gasteiger partial charge in [-0.05, 0) is 48.7 Å². The molecule has 2 saturated carbocycles. The van der Waals surface area contributed by atoms with Crippen molar-refractivity contribution in [3.05, 3.63) is 61.5 Å². The molecule has 0 heterocycles. The van der Waals surface area contributed by atoms with Crippen LogP contribution >= 0.6 is 69.6 Å². The standard InChI is InChI=1S/C21H13Cl6N3O2/c22-12-2-1-10(7-11(12)18(31)30-20(8-28)3-4-20)29-19(32)16-15(21(16,26)27)9-5-13(23)17(25)14(24)6-9/h1-2,5-7,15-16H,3-4H2,(H,29,32)(H,30,31)/t15-,16?/m0/s1. The van der Waals surface area contributed by atoms with Crippen LogP contribution in [0.4, 0.5) is 5.69 Å². The number of anilines is 1. The first-order chi connectivity index (χ1) is 15.0. The molecule has 2 N–H and O–H groups in total. The maximum absolute atomic E-state index is 12.9. The van der Waals surface area contributed by atoms with Crippen molar-refractivity contribution in [3.8, 4) is 6.07 Å². The van der Waals surface area contributed by atoms with Gasteiger partial charge in [0, 0.05) is 11.6 Å². The van der Waals surface area contributed by atoms with Crippen molar-refractivity contribution in [2.75, 3.05) is 5.32 Å². The lowest BCUT2D eigenvalue weighted by Gasteiger charge is -2.12. The number of carbonyl (C=O) groups excluding carboxylic acids is 2. The van der Waals surface area contributed by atoms with E-state index in [1.165, 1.54) is 12.1 Å². The van der Waals surface area contributed by atoms with Crippen LogP contribution in [0.5, 0.6) is 0 Å². The zero-order valence-corrected chi connectivity index (χ0v) is 20.5. The van der Waals surface area contributed by atoms with Gasteiger partial charge in [0.05, 0.1) is 37.6 Å². The lowest BCUT2D eigenvalue weighted by atomic mass is 10.1. The highest BCUT2D eigenvalue weighted by Crippen LogP contribution is 2.65. The minimum Gasteiger partial charge on any atom is -0.334 e. The number of halogens is 6. The molecule has 0 aromatic heterocycles. The molecule has 2 amide bonds. The van der Waals surface area contributed by atoms with Crippen LogP contribution < -0.4 is 10.6 Å². The van der Waals surface area contributed by atoms with E-state index in [9.17, 15) is 14.9 Å². The summed E-state index contributed by atoms with van der Waals surface area (Å²) in [6.07, 6.45) is 1.16. The van der Waals surface area contributed by atoms with E-state index in [0.717, 1.165) is 0 Å². The highest BCUT2D eigenvalue weighted by atomic mass is 35.5. The Morgan fingerprint density at radius 3 is 2.19 bits per heavy atom. The van der Waals surface area contributed by atoms with Crippen LogP contribution in [0.2, 0.25) is 20.1 Å². The second-order valence-corrected chi connectivity index (χ2v) is 10.8. The maximum atomic E-state index is 12.9. The molecule has 2 fully saturated rings. The van der Waals surface area contributed by atoms with Crippen LogP contribution in [0, 0.1) is 17.2 Å². The van der Waals surface area contributed by atoms with Crippen LogP contribution in [-0.4, -0.2) is 21.7 Å². The summed E-state index contributed by atoms with van der Waals surface area (Å²) in [6, 6.07) is 9.68. The van der Waals surface area contributed by atoms with Crippen molar-refractivity contribution < 1.29 is 9.59 Å². The van der Waals surface area contributed by atoms with Gasteiger partial charge in [-0.15, -0.1) is 23.2 Å². The van der Waals surface area contributed by atoms with Crippen LogP contribution in [0.15, 0.2) is 30.3 Å². The van der Waals surface area contributed by atoms with Gasteiger partial charge in [-0.3, -0.25) is 9.59 Å². The van der Waals surface area contributed by atoms with Crippen LogP contribution in [0.3, 0.4) is 0 Å². The molecule has 2 aromatic rings. The molecule has 0 spiro atoms. The van der Waals surface area contributed by atoms with E-state index in [2.05, 4.69) is 16.7 Å². The van der Waals surface area contributed by atoms with Gasteiger partial charge < -0.3 is 10.6 Å². The van der Waals surface area contributed by atoms with E-state index in [4.69, 9.17) is 69.6 Å². The molecule has 0 bridgehead atoms. The minimum absolute atomic E-state index is 0.137. The smallest absolute Gasteiger partial charge is 0.254 e. The van der Waals surface area contributed by atoms with E-state index in [1.54, 1.807) is 18.2 Å². The average Bonchev–Trinajstić information content (AvgIpc) is 3.62. The third-order valence-electron chi connectivity index (χ3n) is 5.50. The van der Waals surface area contributed by atoms with E-state index in [0.29, 0.717) is 24.1 Å². The first-order valence-electron chi connectivity index (χ1n) is 9.35. The number of carbonyl (C=O) groups is 2. The fraction of sp³-hybridized carbons (Fsp3) is 0.286. The molecular formula is C21H13Cl6N3O2. The van der Waals surface area contributed by atoms with Gasteiger partial charge in [-0.1, -0.05) is 46.4 Å². The van der Waals surface area contributed by atoms with Gasteiger partial charge in [0.2, 0.25) is 5.91 Å². The first kappa shape index (κ1) is 23.8. The van der Waals surface area contributed by atoms with Crippen molar-refractivity contribution in [2.24, 2.45) is 5.92 Å². The lowest BCUT2D eigenvalue weighted by molar-refractivity contribution is -0.117. The van der Waals surface area contributed by atoms with E-state index in [1.807, 2.05) is 0 Å². The Labute approximate surface area is 213 Å². The third kappa shape index (κ3) is 4.37. The number of rotatable bonds is 5. The summed E-state index contributed by atoms with van der Waals surface area (Å²) in [6.45, 7) is 0. The molecule has 2 aromatic carbocycles.